The van der Waals surface area contributed by atoms with Crippen molar-refractivity contribution in [3.63, 3.8) is 0 Å². The Morgan fingerprint density at radius 2 is 1.07 bits per heavy atom. The molecule has 1 amide bonds. The number of likely N-dealkylation sites (tertiary alicyclic amines) is 2. The first kappa shape index (κ1) is 53.5. The third-order valence-electron chi connectivity index (χ3n) is 12.2. The molecular weight excluding hydrogens is 985 g/mol. The van der Waals surface area contributed by atoms with Gasteiger partial charge in [-0.2, -0.15) is 0 Å². The van der Waals surface area contributed by atoms with E-state index in [-0.39, 0.29) is 61.5 Å². The van der Waals surface area contributed by atoms with Gasteiger partial charge in [0.15, 0.2) is 46.2 Å². The highest BCUT2D eigenvalue weighted by atomic mass is 35.5. The number of hydrogen-bond acceptors (Lipinski definition) is 15. The number of aliphatic hydroxyl groups excluding tert-OH is 2. The van der Waals surface area contributed by atoms with Gasteiger partial charge in [-0.3, -0.25) is 14.4 Å². The van der Waals surface area contributed by atoms with Gasteiger partial charge in [-0.25, -0.2) is 13.6 Å². The number of fused-ring (bicyclic) bond motifs is 4. The van der Waals surface area contributed by atoms with E-state index < -0.39 is 59.4 Å². The van der Waals surface area contributed by atoms with E-state index >= 15 is 0 Å². The van der Waals surface area contributed by atoms with Crippen LogP contribution in [-0.2, 0) is 9.59 Å². The monoisotopic (exact) mass is 1040 g/mol. The number of aliphatic carboxylic acids is 1. The number of carboxylic acid groups (broad SMARTS) is 1. The fourth-order valence-corrected chi connectivity index (χ4v) is 8.92. The molecule has 384 valence electrons. The van der Waals surface area contributed by atoms with Crippen molar-refractivity contribution in [3.05, 3.63) is 117 Å². The molecule has 4 aliphatic heterocycles. The van der Waals surface area contributed by atoms with Crippen LogP contribution in [0, 0.1) is 11.6 Å². The summed E-state index contributed by atoms with van der Waals surface area (Å²) in [4.78, 5) is 51.5. The highest BCUT2D eigenvalue weighted by molar-refractivity contribution is 6.42. The fourth-order valence-electron chi connectivity index (χ4n) is 8.60. The predicted molar refractivity (Wildman–Crippen MR) is 261 cm³/mol. The van der Waals surface area contributed by atoms with Gasteiger partial charge in [0.2, 0.25) is 0 Å². The molecule has 10 rings (SSSR count). The zero-order valence-electron chi connectivity index (χ0n) is 38.0. The third kappa shape index (κ3) is 12.8. The molecule has 72 heavy (non-hydrogen) atoms. The molecular formula is C51H54Cl2F2N4O13. The molecule has 2 fully saturated rings. The van der Waals surface area contributed by atoms with E-state index in [9.17, 15) is 38.2 Å². The lowest BCUT2D eigenvalue weighted by molar-refractivity contribution is -0.132. The van der Waals surface area contributed by atoms with Gasteiger partial charge in [-0.15, -0.1) is 0 Å². The summed E-state index contributed by atoms with van der Waals surface area (Å²) >= 11 is 11.7. The molecule has 0 spiro atoms. The van der Waals surface area contributed by atoms with Crippen molar-refractivity contribution in [1.29, 1.82) is 0 Å². The number of hydrogen-bond donors (Lipinski definition) is 5. The number of nitrogens with two attached hydrogens (primary N) is 1. The van der Waals surface area contributed by atoms with E-state index in [2.05, 4.69) is 15.1 Å². The van der Waals surface area contributed by atoms with Crippen molar-refractivity contribution >= 4 is 68.6 Å². The Bertz CT molecular complexity index is 2920. The number of ether oxygens (including phenoxy) is 4. The lowest BCUT2D eigenvalue weighted by Crippen LogP contribution is -2.48. The largest absolute Gasteiger partial charge is 0.486 e. The van der Waals surface area contributed by atoms with Crippen molar-refractivity contribution < 1.29 is 71.1 Å². The van der Waals surface area contributed by atoms with E-state index in [1.54, 1.807) is 36.4 Å². The Labute approximate surface area is 422 Å². The lowest BCUT2D eigenvalue weighted by Gasteiger charge is -2.29. The molecule has 6 aromatic rings. The first-order valence-corrected chi connectivity index (χ1v) is 23.6. The summed E-state index contributed by atoms with van der Waals surface area (Å²) in [5.41, 5.74) is 7.49. The van der Waals surface area contributed by atoms with Gasteiger partial charge in [-0.05, 0) is 124 Å². The van der Waals surface area contributed by atoms with Gasteiger partial charge in [0.25, 0.3) is 11.7 Å². The maximum absolute atomic E-state index is 14.6. The van der Waals surface area contributed by atoms with Crippen LogP contribution in [0.15, 0.2) is 81.6 Å². The van der Waals surface area contributed by atoms with E-state index in [0.29, 0.717) is 63.1 Å². The second-order valence-electron chi connectivity index (χ2n) is 17.3. The van der Waals surface area contributed by atoms with E-state index in [4.69, 9.17) is 61.8 Å². The molecule has 0 unspecified atom stereocenters. The number of carboxylic acids is 1. The molecule has 0 radical (unpaired) electrons. The van der Waals surface area contributed by atoms with E-state index in [0.717, 1.165) is 45.1 Å². The number of amides is 1. The molecule has 6 heterocycles. The molecule has 4 aliphatic rings. The van der Waals surface area contributed by atoms with Crippen molar-refractivity contribution in [2.24, 2.45) is 5.73 Å². The highest BCUT2D eigenvalue weighted by Crippen LogP contribution is 2.38. The average molecular weight is 1040 g/mol. The minimum atomic E-state index is -1.54. The van der Waals surface area contributed by atoms with Crippen molar-refractivity contribution in [2.75, 3.05) is 65.7 Å². The normalized spacial score (nSPS) is 16.8. The molecule has 21 heteroatoms. The molecule has 6 N–H and O–H groups in total. The van der Waals surface area contributed by atoms with Crippen LogP contribution in [0.4, 0.5) is 8.78 Å². The van der Waals surface area contributed by atoms with Crippen LogP contribution in [0.1, 0.15) is 77.6 Å². The molecule has 4 aromatic carbocycles. The lowest BCUT2D eigenvalue weighted by atomic mass is 10.00. The number of halogens is 4. The summed E-state index contributed by atoms with van der Waals surface area (Å²) in [5, 5.41) is 34.8. The first-order valence-electron chi connectivity index (χ1n) is 22.9. The second kappa shape index (κ2) is 23.9. The molecule has 2 aromatic heterocycles. The van der Waals surface area contributed by atoms with Gasteiger partial charge in [0.1, 0.15) is 43.7 Å². The first-order chi connectivity index (χ1) is 34.1. The summed E-state index contributed by atoms with van der Waals surface area (Å²) in [6.45, 7) is 5.72. The van der Waals surface area contributed by atoms with E-state index in [1.165, 1.54) is 43.2 Å². The minimum absolute atomic E-state index is 0. The molecule has 17 nitrogen and oxygen atoms in total. The summed E-state index contributed by atoms with van der Waals surface area (Å²) in [5.74, 6) is -5.31. The maximum atomic E-state index is 14.6. The number of carbonyl (C=O) groups is 4. The smallest absolute Gasteiger partial charge is 0.380 e. The Balaban J connectivity index is 0.000000174. The molecule has 0 saturated carbocycles. The standard InChI is InChI=1S/C25H24ClFN2O6.C15H21FN2O3.C10H5ClO4.CH4/c26-16-4-3-14-10-20(35-19(14)12-16)23(31)25(32)28-18(13-29-5-1-2-6-29)22(30)15-9-17(27)24-21(11-15)33-7-8-34-24;16-11-7-10(8-13-15(11)21-6-5-20-13)14(19)12(17)9-18-3-1-2-4-18;11-6-2-1-5-3-8(9(12)10(13)14)15-7(5)4-6;/h3-4,9-12,18,22,30H,1-2,5-8,13H2,(H,28,32);7-8,12,14,19H,1-6,9,17H2;1-4H,(H,13,14);1H4/t18-,22-;12-,14-;;/m11../s1. The molecule has 2 saturated heterocycles. The summed E-state index contributed by atoms with van der Waals surface area (Å²) in [6, 6.07) is 16.8. The molecule has 0 aliphatic carbocycles. The van der Waals surface area contributed by atoms with Crippen LogP contribution >= 0.6 is 23.2 Å². The minimum Gasteiger partial charge on any atom is -0.486 e. The summed E-state index contributed by atoms with van der Waals surface area (Å²) in [6.07, 6.45) is 2.11. The molecule has 0 bridgehead atoms. The summed E-state index contributed by atoms with van der Waals surface area (Å²) < 4.78 is 60.6. The quantitative estimate of drug-likeness (QED) is 0.0555. The van der Waals surface area contributed by atoms with Crippen LogP contribution in [0.3, 0.4) is 0 Å². The Kier molecular flexibility index (Phi) is 17.8. The van der Waals surface area contributed by atoms with Crippen molar-refractivity contribution in [3.8, 4) is 23.0 Å². The van der Waals surface area contributed by atoms with Crippen LogP contribution < -0.4 is 30.0 Å². The number of carbonyl (C=O) groups excluding carboxylic acids is 3. The number of nitrogens with one attached hydrogen (secondary N) is 1. The number of Topliss-reactive ketones (excluding diaryl/α,β-unsaturated/α-hetero) is 2. The number of aliphatic hydroxyl groups is 2. The number of rotatable bonds is 13. The number of nitrogens with zero attached hydrogens (tertiary/aromatic N) is 2. The average Bonchev–Trinajstić information content (AvgIpc) is 4.22. The highest BCUT2D eigenvalue weighted by Gasteiger charge is 2.32. The third-order valence-corrected chi connectivity index (χ3v) is 12.6. The van der Waals surface area contributed by atoms with E-state index in [1.807, 2.05) is 0 Å². The van der Waals surface area contributed by atoms with Gasteiger partial charge < -0.3 is 64.0 Å². The van der Waals surface area contributed by atoms with Gasteiger partial charge in [0.05, 0.1) is 12.1 Å². The van der Waals surface area contributed by atoms with Crippen LogP contribution in [0.2, 0.25) is 10.0 Å². The maximum Gasteiger partial charge on any atom is 0.380 e. The summed E-state index contributed by atoms with van der Waals surface area (Å²) in [7, 11) is 0. The zero-order valence-corrected chi connectivity index (χ0v) is 39.6. The zero-order chi connectivity index (χ0) is 50.3. The Morgan fingerprint density at radius 3 is 1.56 bits per heavy atom. The van der Waals surface area contributed by atoms with Crippen molar-refractivity contribution in [1.82, 2.24) is 15.1 Å². The topological polar surface area (TPSA) is 237 Å². The Hall–Kier alpha value is -6.32. The van der Waals surface area contributed by atoms with Gasteiger partial charge in [-0.1, -0.05) is 30.6 Å². The predicted octanol–water partition coefficient (Wildman–Crippen LogP) is 7.54. The van der Waals surface area contributed by atoms with Crippen LogP contribution in [0.25, 0.3) is 21.9 Å². The second-order valence-corrected chi connectivity index (χ2v) is 18.1. The number of ketones is 2. The molecule has 4 atom stereocenters. The van der Waals surface area contributed by atoms with Crippen LogP contribution in [-0.4, -0.2) is 126 Å². The number of furan rings is 2. The van der Waals surface area contributed by atoms with Crippen molar-refractivity contribution in [2.45, 2.75) is 57.4 Å². The SMILES string of the molecule is C.N[C@H](CN1CCCC1)[C@H](O)c1cc(F)c2c(c1)OCCO2.O=C(N[C@H](CN1CCCC1)[C@H](O)c1cc(F)c2c(c1)OCCO2)C(=O)c1cc2ccc(Cl)cc2o1.O=C(O)C(=O)c1cc2ccc(Cl)cc2o1. The van der Waals surface area contributed by atoms with Gasteiger partial charge >= 0.3 is 11.8 Å². The number of benzene rings is 4. The van der Waals surface area contributed by atoms with Crippen LogP contribution in [0.5, 0.6) is 23.0 Å². The Morgan fingerprint density at radius 1 is 0.625 bits per heavy atom. The van der Waals surface area contributed by atoms with Gasteiger partial charge in [0, 0.05) is 52.1 Å². The fraction of sp³-hybridized carbons (Fsp3) is 0.373.